The highest BCUT2D eigenvalue weighted by Crippen LogP contribution is 2.27. The first-order valence-corrected chi connectivity index (χ1v) is 7.20. The van der Waals surface area contributed by atoms with Crippen LogP contribution in [0.1, 0.15) is 28.3 Å². The Hall–Kier alpha value is -0.870. The molecule has 0 saturated heterocycles. The van der Waals surface area contributed by atoms with Gasteiger partial charge in [0.05, 0.1) is 6.04 Å². The Morgan fingerprint density at radius 1 is 1.06 bits per heavy atom. The first-order valence-electron chi connectivity index (χ1n) is 6.12. The minimum absolute atomic E-state index is 0.264. The van der Waals surface area contributed by atoms with Gasteiger partial charge in [0.25, 0.3) is 0 Å². The second-order valence-corrected chi connectivity index (χ2v) is 5.81. The summed E-state index contributed by atoms with van der Waals surface area (Å²) in [6.07, 6.45) is 0. The number of halogens is 1. The highest BCUT2D eigenvalue weighted by molar-refractivity contribution is 14.1. The molecule has 0 aliphatic heterocycles. The Labute approximate surface area is 123 Å². The number of hydrogen-bond donors (Lipinski definition) is 1. The van der Waals surface area contributed by atoms with E-state index in [0.29, 0.717) is 0 Å². The normalized spacial score (nSPS) is 12.4. The lowest BCUT2D eigenvalue weighted by Crippen LogP contribution is -2.19. The molecule has 0 aromatic heterocycles. The minimum atomic E-state index is 0.264. The van der Waals surface area contributed by atoms with Gasteiger partial charge in [-0.15, -0.1) is 0 Å². The molecule has 0 saturated carbocycles. The molecule has 0 spiro atoms. The van der Waals surface area contributed by atoms with Crippen LogP contribution < -0.4 is 5.32 Å². The van der Waals surface area contributed by atoms with Gasteiger partial charge in [0.15, 0.2) is 0 Å². The molecule has 0 amide bonds. The Bertz CT molecular complexity index is 549. The number of rotatable bonds is 3. The van der Waals surface area contributed by atoms with Crippen molar-refractivity contribution in [1.82, 2.24) is 5.32 Å². The van der Waals surface area contributed by atoms with Crippen molar-refractivity contribution in [3.63, 3.8) is 0 Å². The van der Waals surface area contributed by atoms with Gasteiger partial charge < -0.3 is 5.32 Å². The van der Waals surface area contributed by atoms with E-state index in [1.165, 1.54) is 25.8 Å². The molecule has 0 bridgehead atoms. The van der Waals surface area contributed by atoms with Crippen molar-refractivity contribution in [2.45, 2.75) is 19.9 Å². The molecular formula is C16H18IN. The van der Waals surface area contributed by atoms with Gasteiger partial charge in [0.1, 0.15) is 0 Å². The predicted molar refractivity (Wildman–Crippen MR) is 86.0 cm³/mol. The van der Waals surface area contributed by atoms with E-state index in [9.17, 15) is 0 Å². The fraction of sp³-hybridized carbons (Fsp3) is 0.250. The van der Waals surface area contributed by atoms with Crippen molar-refractivity contribution < 1.29 is 0 Å². The van der Waals surface area contributed by atoms with Crippen LogP contribution in [0.2, 0.25) is 0 Å². The van der Waals surface area contributed by atoms with Crippen LogP contribution in [0, 0.1) is 17.4 Å². The Morgan fingerprint density at radius 3 is 2.44 bits per heavy atom. The van der Waals surface area contributed by atoms with Crippen molar-refractivity contribution >= 4 is 22.6 Å². The third-order valence-corrected chi connectivity index (χ3v) is 4.10. The van der Waals surface area contributed by atoms with Crippen LogP contribution in [-0.4, -0.2) is 7.05 Å². The lowest BCUT2D eigenvalue weighted by atomic mass is 9.93. The van der Waals surface area contributed by atoms with Crippen molar-refractivity contribution in [2.24, 2.45) is 0 Å². The quantitative estimate of drug-likeness (QED) is 0.817. The lowest BCUT2D eigenvalue weighted by Gasteiger charge is -2.20. The molecule has 2 aromatic rings. The second kappa shape index (κ2) is 5.85. The number of benzene rings is 2. The minimum Gasteiger partial charge on any atom is -0.309 e. The maximum absolute atomic E-state index is 3.43. The molecule has 0 aliphatic rings. The third kappa shape index (κ3) is 2.75. The molecule has 0 fully saturated rings. The van der Waals surface area contributed by atoms with Crippen LogP contribution in [-0.2, 0) is 0 Å². The van der Waals surface area contributed by atoms with Gasteiger partial charge in [0.2, 0.25) is 0 Å². The van der Waals surface area contributed by atoms with E-state index >= 15 is 0 Å². The summed E-state index contributed by atoms with van der Waals surface area (Å²) < 4.78 is 1.27. The molecule has 2 aromatic carbocycles. The average molecular weight is 351 g/mol. The van der Waals surface area contributed by atoms with E-state index in [1.54, 1.807) is 0 Å². The summed E-state index contributed by atoms with van der Waals surface area (Å²) in [5, 5.41) is 3.43. The largest absolute Gasteiger partial charge is 0.309 e. The maximum atomic E-state index is 3.43. The number of aryl methyl sites for hydroxylation is 1. The fourth-order valence-corrected chi connectivity index (χ4v) is 2.84. The zero-order valence-corrected chi connectivity index (χ0v) is 13.2. The fourth-order valence-electron chi connectivity index (χ4n) is 2.27. The molecule has 0 radical (unpaired) electrons. The van der Waals surface area contributed by atoms with E-state index in [2.05, 4.69) is 84.2 Å². The summed E-state index contributed by atoms with van der Waals surface area (Å²) in [6.45, 7) is 4.36. The van der Waals surface area contributed by atoms with Crippen LogP contribution >= 0.6 is 22.6 Å². The van der Waals surface area contributed by atoms with Crippen molar-refractivity contribution in [3.05, 3.63) is 68.3 Å². The van der Waals surface area contributed by atoms with Gasteiger partial charge in [-0.3, -0.25) is 0 Å². The highest BCUT2D eigenvalue weighted by atomic mass is 127. The average Bonchev–Trinajstić information content (AvgIpc) is 2.35. The zero-order valence-electron chi connectivity index (χ0n) is 11.0. The van der Waals surface area contributed by atoms with E-state index in [1.807, 2.05) is 7.05 Å². The van der Waals surface area contributed by atoms with Crippen LogP contribution in [0.5, 0.6) is 0 Å². The number of nitrogens with one attached hydrogen (secondary N) is 1. The highest BCUT2D eigenvalue weighted by Gasteiger charge is 2.14. The molecule has 1 atom stereocenters. The lowest BCUT2D eigenvalue weighted by molar-refractivity contribution is 0.686. The van der Waals surface area contributed by atoms with E-state index in [-0.39, 0.29) is 6.04 Å². The van der Waals surface area contributed by atoms with E-state index in [4.69, 9.17) is 0 Å². The Balaban J connectivity index is 2.49. The van der Waals surface area contributed by atoms with Crippen LogP contribution in [0.15, 0.2) is 42.5 Å². The first kappa shape index (κ1) is 13.6. The second-order valence-electron chi connectivity index (χ2n) is 4.57. The van der Waals surface area contributed by atoms with Crippen LogP contribution in [0.25, 0.3) is 0 Å². The monoisotopic (exact) mass is 351 g/mol. The van der Waals surface area contributed by atoms with Gasteiger partial charge >= 0.3 is 0 Å². The third-order valence-electron chi connectivity index (χ3n) is 3.43. The van der Waals surface area contributed by atoms with Crippen LogP contribution in [0.4, 0.5) is 0 Å². The summed E-state index contributed by atoms with van der Waals surface area (Å²) in [5.74, 6) is 0. The molecule has 2 rings (SSSR count). The SMILES string of the molecule is CNC(c1cccc(I)c1)c1cccc(C)c1C. The molecule has 1 unspecified atom stereocenters. The van der Waals surface area contributed by atoms with Crippen molar-refractivity contribution in [3.8, 4) is 0 Å². The van der Waals surface area contributed by atoms with Gasteiger partial charge in [-0.05, 0) is 77.9 Å². The van der Waals surface area contributed by atoms with E-state index < -0.39 is 0 Å². The van der Waals surface area contributed by atoms with Gasteiger partial charge in [-0.1, -0.05) is 30.3 Å². The smallest absolute Gasteiger partial charge is 0.0577 e. The Kier molecular flexibility index (Phi) is 4.40. The first-order chi connectivity index (χ1) is 8.63. The number of hydrogen-bond acceptors (Lipinski definition) is 1. The molecule has 1 nitrogen and oxygen atoms in total. The van der Waals surface area contributed by atoms with Gasteiger partial charge in [0, 0.05) is 3.57 Å². The molecule has 18 heavy (non-hydrogen) atoms. The summed E-state index contributed by atoms with van der Waals surface area (Å²) >= 11 is 2.36. The summed E-state index contributed by atoms with van der Waals surface area (Å²) in [7, 11) is 2.02. The molecule has 0 aliphatic carbocycles. The topological polar surface area (TPSA) is 12.0 Å². The predicted octanol–water partition coefficient (Wildman–Crippen LogP) is 4.22. The molecule has 2 heteroatoms. The van der Waals surface area contributed by atoms with Crippen LogP contribution in [0.3, 0.4) is 0 Å². The molecule has 94 valence electrons. The van der Waals surface area contributed by atoms with Gasteiger partial charge in [-0.25, -0.2) is 0 Å². The Morgan fingerprint density at radius 2 is 1.78 bits per heavy atom. The summed E-state index contributed by atoms with van der Waals surface area (Å²) in [5.41, 5.74) is 5.40. The maximum Gasteiger partial charge on any atom is 0.0577 e. The standard InChI is InChI=1S/C16H18IN/c1-11-6-4-9-15(12(11)2)16(18-3)13-7-5-8-14(17)10-13/h4-10,16,18H,1-3H3. The summed E-state index contributed by atoms with van der Waals surface area (Å²) in [4.78, 5) is 0. The zero-order chi connectivity index (χ0) is 13.1. The molecule has 0 heterocycles. The molecule has 1 N–H and O–H groups in total. The van der Waals surface area contributed by atoms with Crippen molar-refractivity contribution in [1.29, 1.82) is 0 Å². The molecular weight excluding hydrogens is 333 g/mol. The summed E-state index contributed by atoms with van der Waals surface area (Å²) in [6, 6.07) is 15.4. The van der Waals surface area contributed by atoms with Crippen molar-refractivity contribution in [2.75, 3.05) is 7.05 Å². The van der Waals surface area contributed by atoms with E-state index in [0.717, 1.165) is 0 Å². The van der Waals surface area contributed by atoms with Gasteiger partial charge in [-0.2, -0.15) is 0 Å².